The van der Waals surface area contributed by atoms with E-state index in [9.17, 15) is 13.6 Å². The lowest BCUT2D eigenvalue weighted by Crippen LogP contribution is -2.14. The lowest BCUT2D eigenvalue weighted by molar-refractivity contribution is 0.101. The van der Waals surface area contributed by atoms with E-state index >= 15 is 0 Å². The smallest absolute Gasteiger partial charge is 0.295 e. The molecule has 0 radical (unpaired) electrons. The van der Waals surface area contributed by atoms with E-state index in [2.05, 4.69) is 15.4 Å². The number of nitrogens with zero attached hydrogens (tertiary/aromatic N) is 3. The maximum atomic E-state index is 13.2. The molecule has 9 heteroatoms. The van der Waals surface area contributed by atoms with Crippen molar-refractivity contribution in [3.8, 4) is 5.69 Å². The summed E-state index contributed by atoms with van der Waals surface area (Å²) in [5.41, 5.74) is 0.546. The van der Waals surface area contributed by atoms with E-state index in [1.54, 1.807) is 25.1 Å². The molecule has 0 aliphatic carbocycles. The van der Waals surface area contributed by atoms with Crippen LogP contribution in [0, 0.1) is 18.6 Å². The van der Waals surface area contributed by atoms with Gasteiger partial charge in [0.25, 0.3) is 5.91 Å². The van der Waals surface area contributed by atoms with Gasteiger partial charge in [0, 0.05) is 16.8 Å². The molecular formula is C16H10Cl2F2N4O. The Hall–Kier alpha value is -2.51. The maximum Gasteiger partial charge on any atom is 0.295 e. The molecule has 0 atom stereocenters. The van der Waals surface area contributed by atoms with Crippen LogP contribution in [0.2, 0.25) is 10.0 Å². The van der Waals surface area contributed by atoms with Crippen LogP contribution in [-0.2, 0) is 0 Å². The second-order valence-corrected chi connectivity index (χ2v) is 5.92. The quantitative estimate of drug-likeness (QED) is 0.729. The van der Waals surface area contributed by atoms with Crippen LogP contribution < -0.4 is 5.32 Å². The van der Waals surface area contributed by atoms with E-state index in [0.29, 0.717) is 21.6 Å². The number of nitrogens with one attached hydrogen (secondary N) is 1. The minimum Gasteiger partial charge on any atom is -0.319 e. The summed E-state index contributed by atoms with van der Waals surface area (Å²) in [5.74, 6) is -2.51. The average molecular weight is 383 g/mol. The van der Waals surface area contributed by atoms with E-state index in [-0.39, 0.29) is 11.5 Å². The van der Waals surface area contributed by atoms with E-state index < -0.39 is 17.5 Å². The van der Waals surface area contributed by atoms with Crippen molar-refractivity contribution >= 4 is 34.8 Å². The van der Waals surface area contributed by atoms with Gasteiger partial charge in [-0.3, -0.25) is 4.79 Å². The van der Waals surface area contributed by atoms with Crippen LogP contribution in [0.5, 0.6) is 0 Å². The largest absolute Gasteiger partial charge is 0.319 e. The molecule has 3 rings (SSSR count). The molecule has 0 saturated heterocycles. The fourth-order valence-electron chi connectivity index (χ4n) is 2.12. The van der Waals surface area contributed by atoms with Gasteiger partial charge in [0.1, 0.15) is 5.82 Å². The fraction of sp³-hybridized carbons (Fsp3) is 0.0625. The highest BCUT2D eigenvalue weighted by atomic mass is 35.5. The first-order valence-electron chi connectivity index (χ1n) is 7.00. The van der Waals surface area contributed by atoms with Gasteiger partial charge in [-0.2, -0.15) is 0 Å². The van der Waals surface area contributed by atoms with Gasteiger partial charge in [0.2, 0.25) is 5.82 Å². The number of halogens is 4. The molecule has 0 unspecified atom stereocenters. The predicted octanol–water partition coefficient (Wildman–Crippen LogP) is 4.41. The van der Waals surface area contributed by atoms with Gasteiger partial charge in [-0.05, 0) is 37.3 Å². The molecule has 0 aliphatic heterocycles. The number of carbonyl (C=O) groups is 1. The standard InChI is InChI=1S/C16H10Cl2F2N4O/c1-8-21-15(16(25)22-10-3-5-12(19)13(20)7-10)23-24(8)14-6-9(17)2-4-11(14)18/h2-7H,1H3,(H,22,25). The summed E-state index contributed by atoms with van der Waals surface area (Å²) in [5, 5.41) is 7.33. The lowest BCUT2D eigenvalue weighted by Gasteiger charge is -2.06. The van der Waals surface area contributed by atoms with Crippen molar-refractivity contribution in [1.82, 2.24) is 14.8 Å². The van der Waals surface area contributed by atoms with Gasteiger partial charge in [-0.1, -0.05) is 23.2 Å². The number of aromatic nitrogens is 3. The molecule has 0 spiro atoms. The van der Waals surface area contributed by atoms with Crippen LogP contribution in [-0.4, -0.2) is 20.7 Å². The third-order valence-electron chi connectivity index (χ3n) is 3.29. The lowest BCUT2D eigenvalue weighted by atomic mass is 10.3. The summed E-state index contributed by atoms with van der Waals surface area (Å²) in [4.78, 5) is 16.3. The highest BCUT2D eigenvalue weighted by Crippen LogP contribution is 2.24. The van der Waals surface area contributed by atoms with Crippen LogP contribution in [0.4, 0.5) is 14.5 Å². The Morgan fingerprint density at radius 3 is 2.60 bits per heavy atom. The van der Waals surface area contributed by atoms with Crippen LogP contribution in [0.1, 0.15) is 16.4 Å². The van der Waals surface area contributed by atoms with E-state index in [1.165, 1.54) is 10.7 Å². The third kappa shape index (κ3) is 3.62. The zero-order valence-corrected chi connectivity index (χ0v) is 14.2. The summed E-state index contributed by atoms with van der Waals surface area (Å²) < 4.78 is 27.5. The van der Waals surface area contributed by atoms with Crippen molar-refractivity contribution in [1.29, 1.82) is 0 Å². The Kier molecular flexibility index (Phi) is 4.69. The Morgan fingerprint density at radius 1 is 1.12 bits per heavy atom. The second-order valence-electron chi connectivity index (χ2n) is 5.07. The summed E-state index contributed by atoms with van der Waals surface area (Å²) in [6.07, 6.45) is 0. The normalized spacial score (nSPS) is 10.8. The molecule has 0 bridgehead atoms. The zero-order chi connectivity index (χ0) is 18.1. The van der Waals surface area contributed by atoms with Crippen LogP contribution in [0.25, 0.3) is 5.69 Å². The minimum atomic E-state index is -1.07. The van der Waals surface area contributed by atoms with Crippen LogP contribution >= 0.6 is 23.2 Å². The van der Waals surface area contributed by atoms with E-state index in [1.807, 2.05) is 0 Å². The number of anilines is 1. The average Bonchev–Trinajstić information content (AvgIpc) is 2.95. The van der Waals surface area contributed by atoms with Crippen molar-refractivity contribution in [2.75, 3.05) is 5.32 Å². The number of rotatable bonds is 3. The number of hydrogen-bond acceptors (Lipinski definition) is 3. The van der Waals surface area contributed by atoms with Crippen LogP contribution in [0.3, 0.4) is 0 Å². The summed E-state index contributed by atoms with van der Waals surface area (Å²) in [6.45, 7) is 1.64. The molecule has 3 aromatic rings. The Bertz CT molecular complexity index is 975. The number of aryl methyl sites for hydroxylation is 1. The van der Waals surface area contributed by atoms with Crippen molar-refractivity contribution < 1.29 is 13.6 Å². The highest BCUT2D eigenvalue weighted by molar-refractivity contribution is 6.34. The summed E-state index contributed by atoms with van der Waals surface area (Å²) in [7, 11) is 0. The van der Waals surface area contributed by atoms with E-state index in [0.717, 1.165) is 12.1 Å². The monoisotopic (exact) mass is 382 g/mol. The molecule has 0 fully saturated rings. The molecule has 0 aliphatic rings. The van der Waals surface area contributed by atoms with Crippen LogP contribution in [0.15, 0.2) is 36.4 Å². The SMILES string of the molecule is Cc1nc(C(=O)Nc2ccc(F)c(F)c2)nn1-c1cc(Cl)ccc1Cl. The van der Waals surface area contributed by atoms with Gasteiger partial charge in [0.05, 0.1) is 10.7 Å². The molecule has 1 heterocycles. The molecule has 25 heavy (non-hydrogen) atoms. The van der Waals surface area contributed by atoms with Crippen molar-refractivity contribution in [2.45, 2.75) is 6.92 Å². The topological polar surface area (TPSA) is 59.8 Å². The zero-order valence-electron chi connectivity index (χ0n) is 12.7. The Labute approximate surface area is 151 Å². The summed E-state index contributed by atoms with van der Waals surface area (Å²) in [6, 6.07) is 7.81. The second kappa shape index (κ2) is 6.78. The molecule has 2 aromatic carbocycles. The van der Waals surface area contributed by atoms with Gasteiger partial charge < -0.3 is 5.32 Å². The first-order valence-corrected chi connectivity index (χ1v) is 7.76. The Balaban J connectivity index is 1.90. The molecular weight excluding hydrogens is 373 g/mol. The number of hydrogen-bond donors (Lipinski definition) is 1. The first kappa shape index (κ1) is 17.3. The molecule has 0 saturated carbocycles. The first-order chi connectivity index (χ1) is 11.8. The number of carbonyl (C=O) groups excluding carboxylic acids is 1. The van der Waals surface area contributed by atoms with Crippen molar-refractivity contribution in [2.24, 2.45) is 0 Å². The highest BCUT2D eigenvalue weighted by Gasteiger charge is 2.17. The van der Waals surface area contributed by atoms with Gasteiger partial charge >= 0.3 is 0 Å². The molecule has 5 nitrogen and oxygen atoms in total. The minimum absolute atomic E-state index is 0.0821. The molecule has 128 valence electrons. The van der Waals surface area contributed by atoms with Crippen molar-refractivity contribution in [3.63, 3.8) is 0 Å². The molecule has 1 aromatic heterocycles. The predicted molar refractivity (Wildman–Crippen MR) is 90.4 cm³/mol. The number of benzene rings is 2. The van der Waals surface area contributed by atoms with Gasteiger partial charge in [-0.25, -0.2) is 18.4 Å². The van der Waals surface area contributed by atoms with Crippen molar-refractivity contribution in [3.05, 3.63) is 69.7 Å². The van der Waals surface area contributed by atoms with Gasteiger partial charge in [-0.15, -0.1) is 5.10 Å². The molecule has 1 amide bonds. The van der Waals surface area contributed by atoms with E-state index in [4.69, 9.17) is 23.2 Å². The Morgan fingerprint density at radius 2 is 1.88 bits per heavy atom. The molecule has 1 N–H and O–H groups in total. The summed E-state index contributed by atoms with van der Waals surface area (Å²) >= 11 is 12.1. The maximum absolute atomic E-state index is 13.2. The third-order valence-corrected chi connectivity index (χ3v) is 3.84. The van der Waals surface area contributed by atoms with Gasteiger partial charge in [0.15, 0.2) is 11.6 Å². The number of amides is 1. The fourth-order valence-corrected chi connectivity index (χ4v) is 2.49.